The number of carbonyl (C=O) groups excluding carboxylic acids is 4. The molecule has 0 rings (SSSR count). The zero-order valence-corrected chi connectivity index (χ0v) is 77.7. The highest BCUT2D eigenvalue weighted by molar-refractivity contribution is 7.47. The Kier molecular flexibility index (Phi) is 86.9. The summed E-state index contributed by atoms with van der Waals surface area (Å²) >= 11 is 0. The first-order valence-electron chi connectivity index (χ1n) is 49.6. The van der Waals surface area contributed by atoms with Crippen molar-refractivity contribution in [3.63, 3.8) is 0 Å². The van der Waals surface area contributed by atoms with Gasteiger partial charge < -0.3 is 33.8 Å². The largest absolute Gasteiger partial charge is 0.472 e. The van der Waals surface area contributed by atoms with Crippen LogP contribution in [-0.4, -0.2) is 96.7 Å². The van der Waals surface area contributed by atoms with Crippen molar-refractivity contribution in [1.29, 1.82) is 0 Å². The van der Waals surface area contributed by atoms with E-state index in [-0.39, 0.29) is 25.7 Å². The van der Waals surface area contributed by atoms with Gasteiger partial charge in [0.15, 0.2) is 12.2 Å². The highest BCUT2D eigenvalue weighted by atomic mass is 31.2. The number of hydrogen-bond acceptors (Lipinski definition) is 15. The monoisotopic (exact) mass is 1680 g/mol. The maximum Gasteiger partial charge on any atom is 0.472 e. The Morgan fingerprint density at radius 3 is 0.591 bits per heavy atom. The second-order valence-electron chi connectivity index (χ2n) is 34.9. The number of unbranched alkanes of at least 4 members (excludes halogenated alkanes) is 68. The van der Waals surface area contributed by atoms with Gasteiger partial charge >= 0.3 is 39.5 Å². The molecule has 0 saturated heterocycles. The van der Waals surface area contributed by atoms with Crippen LogP contribution in [0.4, 0.5) is 0 Å². The number of esters is 4. The maximum atomic E-state index is 13.2. The van der Waals surface area contributed by atoms with Crippen LogP contribution in [0.25, 0.3) is 0 Å². The van der Waals surface area contributed by atoms with Gasteiger partial charge in [-0.15, -0.1) is 0 Å². The van der Waals surface area contributed by atoms with E-state index in [1.165, 1.54) is 353 Å². The van der Waals surface area contributed by atoms with E-state index in [0.29, 0.717) is 25.7 Å². The summed E-state index contributed by atoms with van der Waals surface area (Å²) in [5, 5.41) is 10.7. The summed E-state index contributed by atoms with van der Waals surface area (Å²) in [6, 6.07) is 0. The Morgan fingerprint density at radius 1 is 0.235 bits per heavy atom. The second kappa shape index (κ2) is 88.4. The molecule has 5 atom stereocenters. The number of aliphatic hydroxyl groups excluding tert-OH is 1. The number of phosphoric ester groups is 2. The summed E-state index contributed by atoms with van der Waals surface area (Å²) in [4.78, 5) is 73.6. The molecule has 0 aromatic carbocycles. The van der Waals surface area contributed by atoms with Crippen LogP contribution in [0.15, 0.2) is 0 Å². The Balaban J connectivity index is 5.23. The molecule has 0 aliphatic carbocycles. The Hall–Kier alpha value is -1.94. The van der Waals surface area contributed by atoms with Crippen molar-refractivity contribution in [1.82, 2.24) is 0 Å². The molecule has 2 unspecified atom stereocenters. The Bertz CT molecular complexity index is 2170. The molecule has 0 radical (unpaired) electrons. The van der Waals surface area contributed by atoms with Crippen molar-refractivity contribution in [2.75, 3.05) is 39.6 Å². The molecular formula is C96H188O17P2. The minimum absolute atomic E-state index is 0.110. The Labute approximate surface area is 708 Å². The standard InChI is InChI=1S/C96H188O17P2/c1-6-9-12-15-18-21-24-27-29-31-33-35-37-42-46-50-55-60-65-70-75-80-94(99)107-86-92(113-96(101)82-77-72-67-62-57-52-48-44-40-39-41-45-49-53-58-63-68-73-78-89(4)5)88-111-115(104,105)109-84-90(97)83-108-114(102,103)110-87-91(85-106-93(98)79-74-69-64-59-54-26-23-20-17-14-11-8-3)112-95(100)81-76-71-66-61-56-51-47-43-38-36-34-32-30-28-25-22-19-16-13-10-7-2/h89-92,97H,6-88H2,1-5H3,(H,102,103)(H,104,105)/t90-,91+,92+/m0/s1. The smallest absolute Gasteiger partial charge is 0.462 e. The van der Waals surface area contributed by atoms with Gasteiger partial charge in [0.1, 0.15) is 19.3 Å². The fourth-order valence-electron chi connectivity index (χ4n) is 15.2. The van der Waals surface area contributed by atoms with Crippen molar-refractivity contribution < 1.29 is 80.2 Å². The molecule has 0 aromatic heterocycles. The van der Waals surface area contributed by atoms with E-state index in [1.807, 2.05) is 0 Å². The van der Waals surface area contributed by atoms with E-state index in [9.17, 15) is 43.2 Å². The fourth-order valence-corrected chi connectivity index (χ4v) is 16.8. The average Bonchev–Trinajstić information content (AvgIpc) is 0.897. The lowest BCUT2D eigenvalue weighted by Crippen LogP contribution is -2.30. The molecule has 0 heterocycles. The SMILES string of the molecule is CCCCCCCCCCCCCCCCCCCCCCCC(=O)OC[C@H](COP(=O)(O)OC[C@@H](O)COP(=O)(O)OC[C@@H](COC(=O)CCCCCCCCCCCCCC)OC(=O)CCCCCCCCCCCCCCCCCCCCCCC)OC(=O)CCCCCCCCCCCCCCCCCCCCC(C)C. The van der Waals surface area contributed by atoms with Crippen LogP contribution in [0.5, 0.6) is 0 Å². The molecule has 0 saturated carbocycles. The van der Waals surface area contributed by atoms with Crippen LogP contribution >= 0.6 is 15.6 Å². The molecule has 17 nitrogen and oxygen atoms in total. The molecular weight excluding hydrogens is 1490 g/mol. The van der Waals surface area contributed by atoms with Crippen LogP contribution in [0.1, 0.15) is 529 Å². The zero-order chi connectivity index (χ0) is 84.0. The van der Waals surface area contributed by atoms with E-state index < -0.39 is 97.5 Å². The third kappa shape index (κ3) is 89.6. The van der Waals surface area contributed by atoms with Crippen molar-refractivity contribution in [3.05, 3.63) is 0 Å². The number of phosphoric acid groups is 2. The topological polar surface area (TPSA) is 237 Å². The fraction of sp³-hybridized carbons (Fsp3) is 0.958. The van der Waals surface area contributed by atoms with Gasteiger partial charge in [-0.25, -0.2) is 9.13 Å². The van der Waals surface area contributed by atoms with Gasteiger partial charge in [0.25, 0.3) is 0 Å². The van der Waals surface area contributed by atoms with Crippen molar-refractivity contribution in [3.8, 4) is 0 Å². The quantitative estimate of drug-likeness (QED) is 0.0222. The highest BCUT2D eigenvalue weighted by Crippen LogP contribution is 2.45. The van der Waals surface area contributed by atoms with Gasteiger partial charge in [0.05, 0.1) is 26.4 Å². The molecule has 0 bridgehead atoms. The number of rotatable bonds is 96. The lowest BCUT2D eigenvalue weighted by molar-refractivity contribution is -0.161. The molecule has 684 valence electrons. The predicted molar refractivity (Wildman–Crippen MR) is 479 cm³/mol. The molecule has 3 N–H and O–H groups in total. The van der Waals surface area contributed by atoms with Gasteiger partial charge in [-0.05, 0) is 31.6 Å². The van der Waals surface area contributed by atoms with Crippen molar-refractivity contribution >= 4 is 39.5 Å². The summed E-state index contributed by atoms with van der Waals surface area (Å²) in [7, 11) is -9.94. The molecule has 0 aliphatic heterocycles. The van der Waals surface area contributed by atoms with Crippen LogP contribution in [0.2, 0.25) is 0 Å². The molecule has 115 heavy (non-hydrogen) atoms. The Morgan fingerprint density at radius 2 is 0.400 bits per heavy atom. The van der Waals surface area contributed by atoms with Crippen molar-refractivity contribution in [2.45, 2.75) is 547 Å². The summed E-state index contributed by atoms with van der Waals surface area (Å²) in [6.45, 7) is 7.46. The first kappa shape index (κ1) is 113. The highest BCUT2D eigenvalue weighted by Gasteiger charge is 2.31. The normalized spacial score (nSPS) is 13.6. The molecule has 0 fully saturated rings. The van der Waals surface area contributed by atoms with Crippen molar-refractivity contribution in [2.24, 2.45) is 5.92 Å². The minimum atomic E-state index is -4.97. The first-order valence-corrected chi connectivity index (χ1v) is 52.6. The second-order valence-corrected chi connectivity index (χ2v) is 37.8. The summed E-state index contributed by atoms with van der Waals surface area (Å²) in [5.74, 6) is -1.27. The van der Waals surface area contributed by atoms with Crippen LogP contribution in [0.3, 0.4) is 0 Å². The van der Waals surface area contributed by atoms with E-state index >= 15 is 0 Å². The van der Waals surface area contributed by atoms with E-state index in [1.54, 1.807) is 0 Å². The van der Waals surface area contributed by atoms with E-state index in [2.05, 4.69) is 34.6 Å². The zero-order valence-electron chi connectivity index (χ0n) is 76.0. The summed E-state index contributed by atoms with van der Waals surface area (Å²) in [6.07, 6.45) is 86.3. The first-order chi connectivity index (χ1) is 56.0. The summed E-state index contributed by atoms with van der Waals surface area (Å²) in [5.41, 5.74) is 0. The third-order valence-electron chi connectivity index (χ3n) is 22.8. The minimum Gasteiger partial charge on any atom is -0.462 e. The predicted octanol–water partition coefficient (Wildman–Crippen LogP) is 30.3. The van der Waals surface area contributed by atoms with Gasteiger partial charge in [-0.2, -0.15) is 0 Å². The lowest BCUT2D eigenvalue weighted by Gasteiger charge is -2.21. The molecule has 0 amide bonds. The van der Waals surface area contributed by atoms with Crippen LogP contribution in [0, 0.1) is 5.92 Å². The van der Waals surface area contributed by atoms with E-state index in [0.717, 1.165) is 95.8 Å². The molecule has 0 aliphatic rings. The van der Waals surface area contributed by atoms with Gasteiger partial charge in [0, 0.05) is 25.7 Å². The number of hydrogen-bond donors (Lipinski definition) is 3. The molecule has 0 aromatic rings. The molecule has 0 spiro atoms. The number of carbonyl (C=O) groups is 4. The van der Waals surface area contributed by atoms with Gasteiger partial charge in [-0.3, -0.25) is 37.3 Å². The number of aliphatic hydroxyl groups is 1. The lowest BCUT2D eigenvalue weighted by atomic mass is 10.0. The van der Waals surface area contributed by atoms with Crippen LogP contribution in [-0.2, 0) is 65.4 Å². The summed E-state index contributed by atoms with van der Waals surface area (Å²) < 4.78 is 69.2. The van der Waals surface area contributed by atoms with E-state index in [4.69, 9.17) is 37.0 Å². The molecule has 19 heteroatoms. The average molecular weight is 1680 g/mol. The van der Waals surface area contributed by atoms with Crippen LogP contribution < -0.4 is 0 Å². The maximum absolute atomic E-state index is 13.2. The third-order valence-corrected chi connectivity index (χ3v) is 24.7. The van der Waals surface area contributed by atoms with Gasteiger partial charge in [-0.1, -0.05) is 478 Å². The number of ether oxygens (including phenoxy) is 4. The van der Waals surface area contributed by atoms with Gasteiger partial charge in [0.2, 0.25) is 0 Å².